The summed E-state index contributed by atoms with van der Waals surface area (Å²) in [7, 11) is 0. The second-order valence-corrected chi connectivity index (χ2v) is 0.410. The van der Waals surface area contributed by atoms with E-state index < -0.39 is 0 Å². The normalized spacial score (nSPS) is 7.00. The fourth-order valence-corrected chi connectivity index (χ4v) is 0.0462. The van der Waals surface area contributed by atoms with E-state index in [2.05, 4.69) is 33.5 Å². The minimum atomic E-state index is 2.71. The molecule has 6 heavy (non-hydrogen) atoms. The van der Waals surface area contributed by atoms with Crippen LogP contribution in [0.1, 0.15) is 0 Å². The molecule has 0 aliphatic rings. The van der Waals surface area contributed by atoms with Crippen molar-refractivity contribution >= 4 is 0 Å². The number of rotatable bonds is 0. The Morgan fingerprint density at radius 2 is 1.33 bits per heavy atom. The van der Waals surface area contributed by atoms with Gasteiger partial charge in [-0.2, -0.15) is 0 Å². The van der Waals surface area contributed by atoms with E-state index in [-0.39, 0.29) is 0 Å². The molecular formula is C2H2N4+2. The van der Waals surface area contributed by atoms with Gasteiger partial charge in [0.05, 0.1) is 9.91 Å². The molecular weight excluding hydrogens is 80.0 g/mol. The van der Waals surface area contributed by atoms with Gasteiger partial charge in [0.25, 0.3) is 0 Å². The Hall–Kier alpha value is -1.42. The molecule has 0 radical (unpaired) electrons. The number of hydrogen-bond donors (Lipinski definition) is 0. The minimum absolute atomic E-state index is 2.71. The molecule has 0 aromatic heterocycles. The maximum atomic E-state index is 4.46. The first-order chi connectivity index (χ1) is 2.91. The predicted molar refractivity (Wildman–Crippen MR) is 21.5 cm³/mol. The molecule has 0 bridgehead atoms. The first kappa shape index (κ1) is 4.58. The van der Waals surface area contributed by atoms with Crippen LogP contribution in [0.4, 0.5) is 0 Å². The van der Waals surface area contributed by atoms with Crippen molar-refractivity contribution in [2.45, 2.75) is 0 Å². The molecule has 4 nitrogen and oxygen atoms in total. The molecule has 28 valence electrons. The zero-order valence-electron chi connectivity index (χ0n) is 2.94. The van der Waals surface area contributed by atoms with Gasteiger partial charge in [-0.25, -0.2) is 0 Å². The zero-order chi connectivity index (χ0) is 4.83. The van der Waals surface area contributed by atoms with E-state index in [9.17, 15) is 0 Å². The number of nitrogens with zero attached hydrogens (tertiary/aromatic N) is 4. The SMILES string of the molecule is C#[N+]N=N[N+]#C. The van der Waals surface area contributed by atoms with Crippen molar-refractivity contribution < 1.29 is 0 Å². The second-order valence-electron chi connectivity index (χ2n) is 0.410. The van der Waals surface area contributed by atoms with Crippen LogP contribution < -0.4 is 0 Å². The predicted octanol–water partition coefficient (Wildman–Crippen LogP) is 1.19. The van der Waals surface area contributed by atoms with E-state index in [1.54, 1.807) is 0 Å². The lowest BCUT2D eigenvalue weighted by Crippen LogP contribution is -1.28. The summed E-state index contributed by atoms with van der Waals surface area (Å²) in [5.41, 5.74) is 0. The Bertz CT molecular complexity index is 105. The number of hydrogen-bond acceptors (Lipinski definition) is 2. The second kappa shape index (κ2) is 3.58. The van der Waals surface area contributed by atoms with Crippen LogP contribution in [-0.2, 0) is 0 Å². The quantitative estimate of drug-likeness (QED) is 0.310. The zero-order valence-corrected chi connectivity index (χ0v) is 2.94. The Kier molecular flexibility index (Phi) is 2.73. The molecule has 0 unspecified atom stereocenters. The summed E-state index contributed by atoms with van der Waals surface area (Å²) in [6.45, 7) is 8.93. The first-order valence-electron chi connectivity index (χ1n) is 1.12. The van der Waals surface area contributed by atoms with E-state index in [0.29, 0.717) is 0 Å². The summed E-state index contributed by atoms with van der Waals surface area (Å²) in [4.78, 5) is 5.42. The van der Waals surface area contributed by atoms with Crippen LogP contribution in [0.15, 0.2) is 10.4 Å². The molecule has 0 aliphatic carbocycles. The highest BCUT2D eigenvalue weighted by molar-refractivity contribution is 4.56. The Morgan fingerprint density at radius 3 is 1.50 bits per heavy atom. The molecule has 0 saturated carbocycles. The van der Waals surface area contributed by atoms with Gasteiger partial charge in [0.2, 0.25) is 13.1 Å². The van der Waals surface area contributed by atoms with E-state index in [1.165, 1.54) is 0 Å². The third-order valence-corrected chi connectivity index (χ3v) is 0.143. The molecule has 0 aromatic rings. The summed E-state index contributed by atoms with van der Waals surface area (Å²) < 4.78 is 0. The maximum absolute atomic E-state index is 4.46. The van der Waals surface area contributed by atoms with Gasteiger partial charge in [-0.1, -0.05) is 0 Å². The van der Waals surface area contributed by atoms with E-state index >= 15 is 0 Å². The fourth-order valence-electron chi connectivity index (χ4n) is 0.0462. The van der Waals surface area contributed by atoms with Crippen molar-refractivity contribution in [3.63, 3.8) is 0 Å². The third-order valence-electron chi connectivity index (χ3n) is 0.143. The lowest BCUT2D eigenvalue weighted by molar-refractivity contribution is 1.22. The molecule has 0 fully saturated rings. The highest BCUT2D eigenvalue weighted by Gasteiger charge is 1.87. The molecule has 0 atom stereocenters. The average molecular weight is 82.1 g/mol. The maximum Gasteiger partial charge on any atom is 0.522 e. The van der Waals surface area contributed by atoms with Gasteiger partial charge in [-0.15, -0.1) is 0 Å². The Labute approximate surface area is 34.7 Å². The van der Waals surface area contributed by atoms with Crippen molar-refractivity contribution in [2.24, 2.45) is 10.4 Å². The fraction of sp³-hybridized carbons (Fsp3) is 0. The average Bonchev–Trinajstić information content (AvgIpc) is 1.61. The summed E-state index contributed by atoms with van der Waals surface area (Å²) in [5.74, 6) is 0. The van der Waals surface area contributed by atoms with Gasteiger partial charge < -0.3 is 0 Å². The van der Waals surface area contributed by atoms with E-state index in [4.69, 9.17) is 0 Å². The lowest BCUT2D eigenvalue weighted by Gasteiger charge is -1.17. The van der Waals surface area contributed by atoms with Gasteiger partial charge in [0, 0.05) is 0 Å². The highest BCUT2D eigenvalue weighted by atomic mass is 15.5. The van der Waals surface area contributed by atoms with Crippen LogP contribution in [0.2, 0.25) is 0 Å². The molecule has 0 N–H and O–H groups in total. The summed E-state index contributed by atoms with van der Waals surface area (Å²) in [6.07, 6.45) is 0. The van der Waals surface area contributed by atoms with Crippen LogP contribution >= 0.6 is 0 Å². The standard InChI is InChI=1S/C2H2N4/c1-3-5-6-4-2/h1-2H/q+2. The van der Waals surface area contributed by atoms with Crippen molar-refractivity contribution in [2.75, 3.05) is 0 Å². The third kappa shape index (κ3) is 2.58. The molecule has 0 heterocycles. The van der Waals surface area contributed by atoms with Crippen LogP contribution in [0.25, 0.3) is 9.91 Å². The van der Waals surface area contributed by atoms with Gasteiger partial charge in [0.1, 0.15) is 0 Å². The van der Waals surface area contributed by atoms with Gasteiger partial charge in [-0.05, 0) is 0 Å². The Morgan fingerprint density at radius 1 is 1.00 bits per heavy atom. The molecule has 0 saturated heterocycles. The topological polar surface area (TPSA) is 33.4 Å². The summed E-state index contributed by atoms with van der Waals surface area (Å²) in [6, 6.07) is 0. The molecule has 4 heteroatoms. The summed E-state index contributed by atoms with van der Waals surface area (Å²) >= 11 is 0. The van der Waals surface area contributed by atoms with Crippen molar-refractivity contribution in [1.29, 1.82) is 0 Å². The molecule has 0 rings (SSSR count). The molecule has 0 aliphatic heterocycles. The van der Waals surface area contributed by atoms with Gasteiger partial charge in [-0.3, -0.25) is 0 Å². The van der Waals surface area contributed by atoms with E-state index in [1.807, 2.05) is 0 Å². The van der Waals surface area contributed by atoms with Crippen LogP contribution in [-0.4, -0.2) is 0 Å². The monoisotopic (exact) mass is 82.0 g/mol. The van der Waals surface area contributed by atoms with Crippen LogP contribution in [0, 0.1) is 13.1 Å². The van der Waals surface area contributed by atoms with Crippen molar-refractivity contribution in [3.05, 3.63) is 9.91 Å². The van der Waals surface area contributed by atoms with E-state index in [0.717, 1.165) is 0 Å². The lowest BCUT2D eigenvalue weighted by atomic mass is 11.8. The minimum Gasteiger partial charge on any atom is 0.0856 e. The largest absolute Gasteiger partial charge is 0.522 e. The van der Waals surface area contributed by atoms with Crippen molar-refractivity contribution in [3.8, 4) is 13.1 Å². The Balaban J connectivity index is 3.36. The first-order valence-corrected chi connectivity index (χ1v) is 1.12. The smallest absolute Gasteiger partial charge is 0.0856 e. The molecule has 0 aromatic carbocycles. The highest BCUT2D eigenvalue weighted by Crippen LogP contribution is 1.71. The molecule has 0 amide bonds. The van der Waals surface area contributed by atoms with Crippen LogP contribution in [0.5, 0.6) is 0 Å². The van der Waals surface area contributed by atoms with Gasteiger partial charge >= 0.3 is 10.4 Å². The van der Waals surface area contributed by atoms with Crippen LogP contribution in [0.3, 0.4) is 0 Å². The molecule has 0 spiro atoms. The summed E-state index contributed by atoms with van der Waals surface area (Å²) in [5, 5.41) is 5.65. The van der Waals surface area contributed by atoms with Gasteiger partial charge in [0.15, 0.2) is 0 Å². The van der Waals surface area contributed by atoms with Crippen molar-refractivity contribution in [1.82, 2.24) is 0 Å².